The molecule has 0 aliphatic heterocycles. The van der Waals surface area contributed by atoms with Crippen molar-refractivity contribution in [3.05, 3.63) is 0 Å². The molecule has 0 aromatic rings. The van der Waals surface area contributed by atoms with Crippen molar-refractivity contribution in [3.8, 4) is 6.07 Å². The summed E-state index contributed by atoms with van der Waals surface area (Å²) in [6.45, 7) is 2.84. The number of rotatable bonds is 5. The predicted molar refractivity (Wildman–Crippen MR) is 59.0 cm³/mol. The van der Waals surface area contributed by atoms with E-state index < -0.39 is 5.92 Å². The number of hydrogen-bond acceptors (Lipinski definition) is 2. The molecule has 1 atom stereocenters. The van der Waals surface area contributed by atoms with E-state index in [1.165, 1.54) is 19.3 Å². The summed E-state index contributed by atoms with van der Waals surface area (Å²) in [4.78, 5) is 13.6. The first kappa shape index (κ1) is 12.0. The van der Waals surface area contributed by atoms with E-state index in [2.05, 4.69) is 6.07 Å². The van der Waals surface area contributed by atoms with Crippen LogP contribution < -0.4 is 0 Å². The summed E-state index contributed by atoms with van der Waals surface area (Å²) < 4.78 is 0. The second-order valence-corrected chi connectivity index (χ2v) is 4.49. The highest BCUT2D eigenvalue weighted by Gasteiger charge is 2.25. The molecule has 0 N–H and O–H groups in total. The predicted octanol–water partition coefficient (Wildman–Crippen LogP) is 2.18. The number of carbonyl (C=O) groups is 1. The molecule has 3 nitrogen and oxygen atoms in total. The van der Waals surface area contributed by atoms with Crippen LogP contribution in [0.4, 0.5) is 0 Å². The van der Waals surface area contributed by atoms with E-state index in [1.807, 2.05) is 14.0 Å². The van der Waals surface area contributed by atoms with Crippen LogP contribution in [0.1, 0.15) is 39.0 Å². The molecule has 3 heteroatoms. The van der Waals surface area contributed by atoms with Crippen LogP contribution in [0, 0.1) is 23.2 Å². The van der Waals surface area contributed by atoms with Crippen molar-refractivity contribution in [1.29, 1.82) is 5.26 Å². The monoisotopic (exact) mass is 208 g/mol. The van der Waals surface area contributed by atoms with Crippen LogP contribution in [-0.4, -0.2) is 24.4 Å². The number of hydrogen-bond donors (Lipinski definition) is 0. The van der Waals surface area contributed by atoms with Gasteiger partial charge in [0, 0.05) is 13.6 Å². The molecule has 0 aromatic heterocycles. The van der Waals surface area contributed by atoms with Crippen LogP contribution in [-0.2, 0) is 4.79 Å². The molecule has 0 heterocycles. The average Bonchev–Trinajstić information content (AvgIpc) is 2.18. The summed E-state index contributed by atoms with van der Waals surface area (Å²) in [6, 6.07) is 2.10. The van der Waals surface area contributed by atoms with Crippen molar-refractivity contribution in [2.45, 2.75) is 39.0 Å². The molecule has 0 radical (unpaired) electrons. The maximum absolute atomic E-state index is 11.8. The Kier molecular flexibility index (Phi) is 4.61. The van der Waals surface area contributed by atoms with Gasteiger partial charge < -0.3 is 4.90 Å². The maximum atomic E-state index is 11.8. The normalized spacial score (nSPS) is 17.7. The fraction of sp³-hybridized carbons (Fsp3) is 0.833. The average molecular weight is 208 g/mol. The molecule has 0 saturated heterocycles. The van der Waals surface area contributed by atoms with Gasteiger partial charge in [0.05, 0.1) is 6.07 Å². The summed E-state index contributed by atoms with van der Waals surface area (Å²) >= 11 is 0. The molecule has 0 bridgehead atoms. The lowest BCUT2D eigenvalue weighted by molar-refractivity contribution is -0.133. The zero-order valence-corrected chi connectivity index (χ0v) is 9.70. The van der Waals surface area contributed by atoms with Crippen molar-refractivity contribution in [3.63, 3.8) is 0 Å². The number of nitriles is 1. The molecule has 84 valence electrons. The Balaban J connectivity index is 2.39. The third-order valence-corrected chi connectivity index (χ3v) is 3.16. The summed E-state index contributed by atoms with van der Waals surface area (Å²) in [6.07, 6.45) is 5.35. The molecular weight excluding hydrogens is 188 g/mol. The van der Waals surface area contributed by atoms with Crippen molar-refractivity contribution in [1.82, 2.24) is 4.90 Å². The second kappa shape index (κ2) is 5.75. The van der Waals surface area contributed by atoms with Crippen molar-refractivity contribution in [2.75, 3.05) is 13.6 Å². The highest BCUT2D eigenvalue weighted by Crippen LogP contribution is 2.27. The molecular formula is C12H20N2O. The lowest BCUT2D eigenvalue weighted by Gasteiger charge is -2.30. The molecule has 1 aliphatic rings. The van der Waals surface area contributed by atoms with Crippen LogP contribution in [0.25, 0.3) is 0 Å². The number of carbonyl (C=O) groups excluding carboxylic acids is 1. The number of nitrogens with zero attached hydrogens (tertiary/aromatic N) is 2. The maximum Gasteiger partial charge on any atom is 0.239 e. The number of amides is 1. The van der Waals surface area contributed by atoms with E-state index >= 15 is 0 Å². The standard InChI is InChI=1S/C12H20N2O/c1-3-5-11(8-13)12(15)14(2)9-10-6-4-7-10/h10-11H,3-7,9H2,1-2H3. The van der Waals surface area contributed by atoms with Gasteiger partial charge in [-0.1, -0.05) is 19.8 Å². The van der Waals surface area contributed by atoms with Gasteiger partial charge in [-0.15, -0.1) is 0 Å². The molecule has 1 saturated carbocycles. The van der Waals surface area contributed by atoms with Gasteiger partial charge in [0.1, 0.15) is 5.92 Å². The molecule has 1 fully saturated rings. The SMILES string of the molecule is CCCC(C#N)C(=O)N(C)CC1CCC1. The van der Waals surface area contributed by atoms with Crippen LogP contribution in [0.5, 0.6) is 0 Å². The van der Waals surface area contributed by atoms with E-state index in [1.54, 1.807) is 4.90 Å². The minimum absolute atomic E-state index is 0.00579. The van der Waals surface area contributed by atoms with E-state index in [-0.39, 0.29) is 5.91 Å². The van der Waals surface area contributed by atoms with Gasteiger partial charge in [0.2, 0.25) is 5.91 Å². The largest absolute Gasteiger partial charge is 0.344 e. The van der Waals surface area contributed by atoms with Gasteiger partial charge in [0.25, 0.3) is 0 Å². The molecule has 0 spiro atoms. The second-order valence-electron chi connectivity index (χ2n) is 4.49. The first-order chi connectivity index (χ1) is 7.19. The Morgan fingerprint density at radius 3 is 2.67 bits per heavy atom. The first-order valence-electron chi connectivity index (χ1n) is 5.83. The van der Waals surface area contributed by atoms with Crippen molar-refractivity contribution in [2.24, 2.45) is 11.8 Å². The molecule has 0 aromatic carbocycles. The van der Waals surface area contributed by atoms with Gasteiger partial charge in [-0.3, -0.25) is 4.79 Å². The fourth-order valence-corrected chi connectivity index (χ4v) is 1.95. The van der Waals surface area contributed by atoms with Crippen LogP contribution in [0.3, 0.4) is 0 Å². The quantitative estimate of drug-likeness (QED) is 0.695. The molecule has 1 aliphatic carbocycles. The first-order valence-corrected chi connectivity index (χ1v) is 5.83. The van der Waals surface area contributed by atoms with Gasteiger partial charge in [-0.2, -0.15) is 5.26 Å². The zero-order valence-electron chi connectivity index (χ0n) is 9.70. The van der Waals surface area contributed by atoms with E-state index in [4.69, 9.17) is 5.26 Å². The topological polar surface area (TPSA) is 44.1 Å². The Hall–Kier alpha value is -1.04. The smallest absolute Gasteiger partial charge is 0.239 e. The Morgan fingerprint density at radius 1 is 1.60 bits per heavy atom. The van der Waals surface area contributed by atoms with E-state index in [0.717, 1.165) is 13.0 Å². The summed E-state index contributed by atoms with van der Waals surface area (Å²) in [5.41, 5.74) is 0. The Bertz CT molecular complexity index is 253. The fourth-order valence-electron chi connectivity index (χ4n) is 1.95. The van der Waals surface area contributed by atoms with Gasteiger partial charge in [0.15, 0.2) is 0 Å². The van der Waals surface area contributed by atoms with E-state index in [0.29, 0.717) is 12.3 Å². The third-order valence-electron chi connectivity index (χ3n) is 3.16. The lowest BCUT2D eigenvalue weighted by atomic mass is 9.85. The molecule has 1 rings (SSSR count). The Morgan fingerprint density at radius 2 is 2.27 bits per heavy atom. The Labute approximate surface area is 92.1 Å². The zero-order chi connectivity index (χ0) is 11.3. The minimum Gasteiger partial charge on any atom is -0.344 e. The van der Waals surface area contributed by atoms with E-state index in [9.17, 15) is 4.79 Å². The summed E-state index contributed by atoms with van der Waals surface area (Å²) in [7, 11) is 1.82. The summed E-state index contributed by atoms with van der Waals surface area (Å²) in [5.74, 6) is 0.256. The lowest BCUT2D eigenvalue weighted by Crippen LogP contribution is -2.37. The highest BCUT2D eigenvalue weighted by molar-refractivity contribution is 5.80. The molecule has 1 amide bonds. The molecule has 1 unspecified atom stereocenters. The van der Waals surface area contributed by atoms with Gasteiger partial charge in [-0.05, 0) is 25.2 Å². The van der Waals surface area contributed by atoms with Crippen molar-refractivity contribution < 1.29 is 4.79 Å². The highest BCUT2D eigenvalue weighted by atomic mass is 16.2. The minimum atomic E-state index is -0.430. The van der Waals surface area contributed by atoms with Gasteiger partial charge in [-0.25, -0.2) is 0 Å². The third kappa shape index (κ3) is 3.23. The van der Waals surface area contributed by atoms with Crippen LogP contribution in [0.2, 0.25) is 0 Å². The summed E-state index contributed by atoms with van der Waals surface area (Å²) in [5, 5.41) is 8.88. The molecule has 15 heavy (non-hydrogen) atoms. The van der Waals surface area contributed by atoms with Crippen LogP contribution >= 0.6 is 0 Å². The van der Waals surface area contributed by atoms with Crippen LogP contribution in [0.15, 0.2) is 0 Å². The van der Waals surface area contributed by atoms with Crippen molar-refractivity contribution >= 4 is 5.91 Å². The van der Waals surface area contributed by atoms with Gasteiger partial charge >= 0.3 is 0 Å².